The second-order valence-corrected chi connectivity index (χ2v) is 3.51. The summed E-state index contributed by atoms with van der Waals surface area (Å²) in [4.78, 5) is 21.9. The Morgan fingerprint density at radius 2 is 1.82 bits per heavy atom. The first kappa shape index (κ1) is 13.0. The van der Waals surface area contributed by atoms with Gasteiger partial charge in [0.15, 0.2) is 0 Å². The van der Waals surface area contributed by atoms with E-state index >= 15 is 0 Å². The van der Waals surface area contributed by atoms with E-state index in [0.29, 0.717) is 23.7 Å². The van der Waals surface area contributed by atoms with Gasteiger partial charge in [-0.15, -0.1) is 0 Å². The quantitative estimate of drug-likeness (QED) is 0.840. The maximum absolute atomic E-state index is 11.0. The van der Waals surface area contributed by atoms with Gasteiger partial charge in [-0.05, 0) is 19.1 Å². The monoisotopic (exact) mass is 236 g/mol. The zero-order valence-corrected chi connectivity index (χ0v) is 10.2. The number of benzene rings is 1. The Morgan fingerprint density at radius 1 is 1.18 bits per heavy atom. The number of amides is 2. The molecule has 5 heteroatoms. The molecule has 5 nitrogen and oxygen atoms in total. The van der Waals surface area contributed by atoms with Gasteiger partial charge in [-0.3, -0.25) is 9.59 Å². The van der Waals surface area contributed by atoms with E-state index in [1.165, 1.54) is 13.8 Å². The molecule has 2 N–H and O–H groups in total. The molecule has 0 bridgehead atoms. The maximum Gasteiger partial charge on any atom is 0.221 e. The molecule has 1 rings (SSSR count). The summed E-state index contributed by atoms with van der Waals surface area (Å²) in [6.07, 6.45) is 0. The predicted molar refractivity (Wildman–Crippen MR) is 66.2 cm³/mol. The van der Waals surface area contributed by atoms with Gasteiger partial charge in [-0.25, -0.2) is 0 Å². The van der Waals surface area contributed by atoms with E-state index in [1.54, 1.807) is 18.2 Å². The predicted octanol–water partition coefficient (Wildman–Crippen LogP) is 2.00. The van der Waals surface area contributed by atoms with Gasteiger partial charge >= 0.3 is 0 Å². The van der Waals surface area contributed by atoms with Crippen molar-refractivity contribution in [2.75, 3.05) is 17.2 Å². The first-order valence-corrected chi connectivity index (χ1v) is 5.35. The Labute approximate surface area is 100 Å². The van der Waals surface area contributed by atoms with Gasteiger partial charge in [-0.1, -0.05) is 0 Å². The molecule has 17 heavy (non-hydrogen) atoms. The topological polar surface area (TPSA) is 67.4 Å². The average molecular weight is 236 g/mol. The SMILES string of the molecule is CCOc1cc(NC(C)=O)ccc1NC(C)=O. The van der Waals surface area contributed by atoms with Crippen LogP contribution in [0, 0.1) is 0 Å². The third-order valence-corrected chi connectivity index (χ3v) is 1.91. The second kappa shape index (κ2) is 5.89. The van der Waals surface area contributed by atoms with Crippen LogP contribution in [0.4, 0.5) is 11.4 Å². The van der Waals surface area contributed by atoms with Gasteiger partial charge in [0.05, 0.1) is 12.3 Å². The van der Waals surface area contributed by atoms with Crippen molar-refractivity contribution in [3.8, 4) is 5.75 Å². The Bertz CT molecular complexity index is 430. The van der Waals surface area contributed by atoms with Gasteiger partial charge in [0.2, 0.25) is 11.8 Å². The lowest BCUT2D eigenvalue weighted by Gasteiger charge is -2.12. The smallest absolute Gasteiger partial charge is 0.221 e. The highest BCUT2D eigenvalue weighted by atomic mass is 16.5. The molecular weight excluding hydrogens is 220 g/mol. The summed E-state index contributed by atoms with van der Waals surface area (Å²) in [6.45, 7) is 5.19. The highest BCUT2D eigenvalue weighted by Gasteiger charge is 2.07. The molecule has 0 aliphatic heterocycles. The molecule has 0 aliphatic carbocycles. The molecule has 0 atom stereocenters. The molecule has 1 aromatic rings. The molecule has 92 valence electrons. The average Bonchev–Trinajstić information content (AvgIpc) is 2.21. The van der Waals surface area contributed by atoms with Crippen LogP contribution < -0.4 is 15.4 Å². The molecule has 2 amide bonds. The fourth-order valence-corrected chi connectivity index (χ4v) is 1.37. The molecule has 0 saturated carbocycles. The number of hydrogen-bond acceptors (Lipinski definition) is 3. The fraction of sp³-hybridized carbons (Fsp3) is 0.333. The van der Waals surface area contributed by atoms with E-state index in [-0.39, 0.29) is 11.8 Å². The molecule has 0 unspecified atom stereocenters. The Morgan fingerprint density at radius 3 is 2.35 bits per heavy atom. The van der Waals surface area contributed by atoms with Crippen LogP contribution in [0.3, 0.4) is 0 Å². The van der Waals surface area contributed by atoms with Gasteiger partial charge in [0.25, 0.3) is 0 Å². The van der Waals surface area contributed by atoms with E-state index < -0.39 is 0 Å². The minimum absolute atomic E-state index is 0.153. The van der Waals surface area contributed by atoms with Crippen molar-refractivity contribution in [1.82, 2.24) is 0 Å². The first-order valence-electron chi connectivity index (χ1n) is 5.35. The lowest BCUT2D eigenvalue weighted by molar-refractivity contribution is -0.115. The fourth-order valence-electron chi connectivity index (χ4n) is 1.37. The van der Waals surface area contributed by atoms with Crippen LogP contribution in [0.5, 0.6) is 5.75 Å². The minimum Gasteiger partial charge on any atom is -0.492 e. The number of carbonyl (C=O) groups is 2. The van der Waals surface area contributed by atoms with E-state index in [4.69, 9.17) is 4.74 Å². The van der Waals surface area contributed by atoms with Crippen molar-refractivity contribution in [3.63, 3.8) is 0 Å². The molecule has 0 spiro atoms. The van der Waals surface area contributed by atoms with Gasteiger partial charge in [0, 0.05) is 25.6 Å². The third kappa shape index (κ3) is 4.14. The third-order valence-electron chi connectivity index (χ3n) is 1.91. The Balaban J connectivity index is 2.98. The summed E-state index contributed by atoms with van der Waals surface area (Å²) < 4.78 is 5.39. The zero-order chi connectivity index (χ0) is 12.8. The summed E-state index contributed by atoms with van der Waals surface area (Å²) in [7, 11) is 0. The van der Waals surface area contributed by atoms with Crippen molar-refractivity contribution in [2.45, 2.75) is 20.8 Å². The van der Waals surface area contributed by atoms with Crippen LogP contribution in [0.15, 0.2) is 18.2 Å². The number of nitrogens with one attached hydrogen (secondary N) is 2. The van der Waals surface area contributed by atoms with Crippen LogP contribution in [-0.2, 0) is 9.59 Å². The van der Waals surface area contributed by atoms with Gasteiger partial charge in [-0.2, -0.15) is 0 Å². The number of hydrogen-bond donors (Lipinski definition) is 2. The molecule has 0 aromatic heterocycles. The molecule has 0 radical (unpaired) electrons. The van der Waals surface area contributed by atoms with Crippen molar-refractivity contribution < 1.29 is 14.3 Å². The number of rotatable bonds is 4. The molecule has 0 fully saturated rings. The lowest BCUT2D eigenvalue weighted by atomic mass is 10.2. The zero-order valence-electron chi connectivity index (χ0n) is 10.2. The van der Waals surface area contributed by atoms with E-state index in [0.717, 1.165) is 0 Å². The van der Waals surface area contributed by atoms with E-state index in [2.05, 4.69) is 10.6 Å². The minimum atomic E-state index is -0.168. The summed E-state index contributed by atoms with van der Waals surface area (Å²) in [6, 6.07) is 5.07. The van der Waals surface area contributed by atoms with Crippen molar-refractivity contribution >= 4 is 23.2 Å². The molecule has 0 heterocycles. The summed E-state index contributed by atoms with van der Waals surface area (Å²) in [5.74, 6) is 0.215. The summed E-state index contributed by atoms with van der Waals surface area (Å²) >= 11 is 0. The molecule has 0 aliphatic rings. The molecular formula is C12H16N2O3. The van der Waals surface area contributed by atoms with E-state index in [9.17, 15) is 9.59 Å². The van der Waals surface area contributed by atoms with Crippen molar-refractivity contribution in [2.24, 2.45) is 0 Å². The number of ether oxygens (including phenoxy) is 1. The van der Waals surface area contributed by atoms with Crippen LogP contribution in [0.2, 0.25) is 0 Å². The maximum atomic E-state index is 11.0. The second-order valence-electron chi connectivity index (χ2n) is 3.51. The van der Waals surface area contributed by atoms with Gasteiger partial charge < -0.3 is 15.4 Å². The Kier molecular flexibility index (Phi) is 4.51. The van der Waals surface area contributed by atoms with Crippen molar-refractivity contribution in [1.29, 1.82) is 0 Å². The summed E-state index contributed by atoms with van der Waals surface area (Å²) in [5.41, 5.74) is 1.23. The standard InChI is InChI=1S/C12H16N2O3/c1-4-17-12-7-10(13-8(2)15)5-6-11(12)14-9(3)16/h5-7H,4H2,1-3H3,(H,13,15)(H,14,16). The largest absolute Gasteiger partial charge is 0.492 e. The van der Waals surface area contributed by atoms with Crippen LogP contribution in [0.1, 0.15) is 20.8 Å². The normalized spacial score (nSPS) is 9.59. The van der Waals surface area contributed by atoms with Crippen LogP contribution in [-0.4, -0.2) is 18.4 Å². The number of carbonyl (C=O) groups excluding carboxylic acids is 2. The van der Waals surface area contributed by atoms with E-state index in [1.807, 2.05) is 6.92 Å². The Hall–Kier alpha value is -2.04. The molecule has 0 saturated heterocycles. The highest BCUT2D eigenvalue weighted by molar-refractivity contribution is 5.92. The first-order chi connectivity index (χ1) is 8.02. The van der Waals surface area contributed by atoms with Crippen molar-refractivity contribution in [3.05, 3.63) is 18.2 Å². The summed E-state index contributed by atoms with van der Waals surface area (Å²) in [5, 5.41) is 5.31. The highest BCUT2D eigenvalue weighted by Crippen LogP contribution is 2.28. The van der Waals surface area contributed by atoms with Crippen LogP contribution >= 0.6 is 0 Å². The number of anilines is 2. The van der Waals surface area contributed by atoms with Crippen LogP contribution in [0.25, 0.3) is 0 Å². The molecule has 1 aromatic carbocycles. The van der Waals surface area contributed by atoms with Gasteiger partial charge in [0.1, 0.15) is 5.75 Å². The lowest BCUT2D eigenvalue weighted by Crippen LogP contribution is -2.09.